The summed E-state index contributed by atoms with van der Waals surface area (Å²) in [4.78, 5) is 29.1. The smallest absolute Gasteiger partial charge is 0.356 e. The van der Waals surface area contributed by atoms with Gasteiger partial charge < -0.3 is 10.2 Å². The van der Waals surface area contributed by atoms with Crippen LogP contribution >= 0.6 is 11.8 Å². The highest BCUT2D eigenvalue weighted by Crippen LogP contribution is 2.23. The molecule has 2 aromatic rings. The van der Waals surface area contributed by atoms with E-state index in [4.69, 9.17) is 5.14 Å². The third kappa shape index (κ3) is 5.78. The number of nitrogens with zero attached hydrogens (tertiary/aromatic N) is 7. The zero-order valence-electron chi connectivity index (χ0n) is 21.2. The molecule has 14 heteroatoms. The van der Waals surface area contributed by atoms with Gasteiger partial charge in [0.15, 0.2) is 0 Å². The third-order valence-electron chi connectivity index (χ3n) is 6.18. The van der Waals surface area contributed by atoms with Crippen LogP contribution in [-0.2, 0) is 10.0 Å². The van der Waals surface area contributed by atoms with Crippen molar-refractivity contribution >= 4 is 56.5 Å². The average molecular weight is 564 g/mol. The fourth-order valence-electron chi connectivity index (χ4n) is 4.25. The number of sulfonamides is 1. The molecule has 12 nitrogen and oxygen atoms in total. The Bertz CT molecular complexity index is 1700. The van der Waals surface area contributed by atoms with E-state index in [0.717, 1.165) is 48.6 Å². The van der Waals surface area contributed by atoms with Crippen LogP contribution in [0.2, 0.25) is 0 Å². The maximum absolute atomic E-state index is 13.0. The molecule has 0 atom stereocenters. The number of piperidine rings is 1. The zero-order valence-corrected chi connectivity index (χ0v) is 22.9. The topological polar surface area (TPSA) is 162 Å². The van der Waals surface area contributed by atoms with E-state index in [1.54, 1.807) is 17.0 Å². The number of rotatable bonds is 4. The van der Waals surface area contributed by atoms with E-state index in [1.165, 1.54) is 36.8 Å². The number of nitrogens with two attached hydrogens (primary N) is 1. The van der Waals surface area contributed by atoms with Crippen LogP contribution in [0, 0.1) is 18.8 Å². The standard InChI is InChI=1S/C25H24N9O3S2/c1-16-10-18(13-28-24(16)33-8-4-3-5-9-33)25(35)30-20-11-17(19(14-27-20)39(26,36)37)6-7-21-31-32-22-12-23(38-2)29-15-34(21)22/h10-15H,3-5,8-9H2,1-2H3,(H2-,26,27,30,35,36,37)/q+1/p+1. The van der Waals surface area contributed by atoms with Crippen LogP contribution in [0.4, 0.5) is 11.6 Å². The number of aryl methyl sites for hydroxylation is 1. The summed E-state index contributed by atoms with van der Waals surface area (Å²) < 4.78 is 28.6. The van der Waals surface area contributed by atoms with Crippen molar-refractivity contribution in [1.82, 2.24) is 19.5 Å². The Hall–Kier alpha value is -4.24. The molecule has 1 fully saturated rings. The van der Waals surface area contributed by atoms with E-state index in [1.807, 2.05) is 13.2 Å². The van der Waals surface area contributed by atoms with Gasteiger partial charge >= 0.3 is 12.2 Å². The summed E-state index contributed by atoms with van der Waals surface area (Å²) in [5.74, 6) is 6.92. The molecule has 0 aliphatic carbocycles. The number of carbonyl (C=O) groups excluding carboxylic acids is 1. The van der Waals surface area contributed by atoms with Gasteiger partial charge in [-0.3, -0.25) is 4.79 Å². The fraction of sp³-hybridized carbons (Fsp3) is 0.280. The maximum atomic E-state index is 13.0. The molecule has 0 saturated carbocycles. The summed E-state index contributed by atoms with van der Waals surface area (Å²) in [6.07, 6.45) is 11.2. The van der Waals surface area contributed by atoms with E-state index in [9.17, 15) is 13.2 Å². The zero-order chi connectivity index (χ0) is 27.6. The van der Waals surface area contributed by atoms with Crippen molar-refractivity contribution < 1.29 is 18.0 Å². The van der Waals surface area contributed by atoms with Gasteiger partial charge in [0.05, 0.1) is 28.5 Å². The van der Waals surface area contributed by atoms with E-state index in [-0.39, 0.29) is 22.1 Å². The number of thioether (sulfide) groups is 1. The van der Waals surface area contributed by atoms with E-state index >= 15 is 0 Å². The first-order valence-corrected chi connectivity index (χ1v) is 14.8. The number of amidine groups is 1. The van der Waals surface area contributed by atoms with Crippen LogP contribution in [0.5, 0.6) is 0 Å². The lowest BCUT2D eigenvalue weighted by Crippen LogP contribution is -2.31. The molecule has 2 aromatic heterocycles. The molecular weight excluding hydrogens is 538 g/mol. The minimum Gasteiger partial charge on any atom is -0.356 e. The van der Waals surface area contributed by atoms with Gasteiger partial charge in [0.25, 0.3) is 16.8 Å². The molecule has 0 unspecified atom stereocenters. The van der Waals surface area contributed by atoms with Crippen molar-refractivity contribution in [3.05, 3.63) is 53.1 Å². The second-order valence-corrected chi connectivity index (χ2v) is 11.3. The van der Waals surface area contributed by atoms with Crippen molar-refractivity contribution in [1.29, 1.82) is 0 Å². The predicted octanol–water partition coefficient (Wildman–Crippen LogP) is 1.11. The fourth-order valence-corrected chi connectivity index (χ4v) is 5.24. The molecule has 0 radical (unpaired) electrons. The Kier molecular flexibility index (Phi) is 7.34. The second-order valence-electron chi connectivity index (χ2n) is 8.91. The van der Waals surface area contributed by atoms with Crippen molar-refractivity contribution in [3.63, 3.8) is 0 Å². The van der Waals surface area contributed by atoms with Crippen molar-refractivity contribution in [2.75, 3.05) is 29.6 Å². The van der Waals surface area contributed by atoms with Gasteiger partial charge in [-0.1, -0.05) is 22.5 Å². The Morgan fingerprint density at radius 1 is 1.15 bits per heavy atom. The summed E-state index contributed by atoms with van der Waals surface area (Å²) >= 11 is 1.46. The third-order valence-corrected chi connectivity index (χ3v) is 7.76. The van der Waals surface area contributed by atoms with Gasteiger partial charge in [0, 0.05) is 25.2 Å². The Morgan fingerprint density at radius 2 is 1.95 bits per heavy atom. The largest absolute Gasteiger partial charge is 0.469 e. The molecule has 0 spiro atoms. The molecule has 39 heavy (non-hydrogen) atoms. The average Bonchev–Trinajstić information content (AvgIpc) is 3.33. The van der Waals surface area contributed by atoms with E-state index in [2.05, 4.69) is 46.6 Å². The highest BCUT2D eigenvalue weighted by molar-refractivity contribution is 8.13. The van der Waals surface area contributed by atoms with E-state index in [0.29, 0.717) is 11.4 Å². The first-order valence-electron chi connectivity index (χ1n) is 12.1. The monoisotopic (exact) mass is 563 g/mol. The summed E-state index contributed by atoms with van der Waals surface area (Å²) in [7, 11) is -4.14. The number of nitrogens with one attached hydrogen (secondary N) is 1. The lowest BCUT2D eigenvalue weighted by Gasteiger charge is -2.29. The first kappa shape index (κ1) is 26.4. The van der Waals surface area contributed by atoms with Gasteiger partial charge in [0.2, 0.25) is 10.0 Å². The number of fused-ring (bicyclic) bond motifs is 1. The Labute approximate surface area is 229 Å². The predicted molar refractivity (Wildman–Crippen MR) is 150 cm³/mol. The van der Waals surface area contributed by atoms with Crippen LogP contribution < -0.4 is 20.0 Å². The first-order chi connectivity index (χ1) is 18.7. The summed E-state index contributed by atoms with van der Waals surface area (Å²) in [5, 5.41) is 12.9. The highest BCUT2D eigenvalue weighted by atomic mass is 32.2. The number of hydrogen-bond acceptors (Lipinski definition) is 9. The van der Waals surface area contributed by atoms with Gasteiger partial charge in [0.1, 0.15) is 16.5 Å². The highest BCUT2D eigenvalue weighted by Gasteiger charge is 2.35. The number of pyridine rings is 2. The molecule has 3 aliphatic rings. The molecule has 1 amide bonds. The lowest BCUT2D eigenvalue weighted by molar-refractivity contribution is -0.0718. The molecule has 5 heterocycles. The van der Waals surface area contributed by atoms with Crippen molar-refractivity contribution in [3.8, 4) is 11.8 Å². The Morgan fingerprint density at radius 3 is 2.67 bits per heavy atom. The molecule has 1 saturated heterocycles. The number of amides is 1. The number of carbonyl (C=O) groups is 1. The SMILES string of the molecule is CSC1=[N+]=CN2C(=C1)N=[N+]=C2C#Cc1cc(NC(=O)c2cnc(N3CCCCC3)c(C)c2)ncc1S(N)(=O)=O. The molecule has 198 valence electrons. The number of anilines is 2. The van der Waals surface area contributed by atoms with Gasteiger partial charge in [-0.2, -0.15) is 0 Å². The summed E-state index contributed by atoms with van der Waals surface area (Å²) in [6.45, 7) is 3.82. The van der Waals surface area contributed by atoms with Gasteiger partial charge in [-0.15, -0.1) is 4.90 Å². The minimum absolute atomic E-state index is 0.0444. The van der Waals surface area contributed by atoms with Crippen LogP contribution in [0.1, 0.15) is 40.7 Å². The number of primary sulfonamides is 1. The summed E-state index contributed by atoms with van der Waals surface area (Å²) in [5.41, 5.74) is 1.29. The molecule has 3 aliphatic heterocycles. The van der Waals surface area contributed by atoms with Gasteiger partial charge in [-0.25, -0.2) is 28.2 Å². The van der Waals surface area contributed by atoms with Crippen molar-refractivity contribution in [2.45, 2.75) is 31.1 Å². The molecule has 5 rings (SSSR count). The number of aromatic nitrogens is 2. The van der Waals surface area contributed by atoms with Crippen molar-refractivity contribution in [2.24, 2.45) is 10.3 Å². The molecule has 3 N–H and O–H groups in total. The Balaban J connectivity index is 1.39. The van der Waals surface area contributed by atoms with Crippen LogP contribution in [-0.4, -0.2) is 70.5 Å². The maximum Gasteiger partial charge on any atom is 0.469 e. The normalized spacial score (nSPS) is 16.1. The van der Waals surface area contributed by atoms with Gasteiger partial charge in [-0.05, 0) is 50.1 Å². The number of hydrogen-bond donors (Lipinski definition) is 2. The quantitative estimate of drug-likeness (QED) is 0.413. The van der Waals surface area contributed by atoms with Crippen LogP contribution in [0.25, 0.3) is 0 Å². The van der Waals surface area contributed by atoms with Crippen LogP contribution in [0.15, 0.2) is 46.4 Å². The minimum atomic E-state index is -4.14. The second kappa shape index (κ2) is 10.9. The van der Waals surface area contributed by atoms with Crippen LogP contribution in [0.3, 0.4) is 0 Å². The lowest BCUT2D eigenvalue weighted by atomic mass is 10.1. The molecular formula is C25H25N9O3S2+2. The molecule has 0 aromatic carbocycles. The molecule has 0 bridgehead atoms. The van der Waals surface area contributed by atoms with E-state index < -0.39 is 15.9 Å². The summed E-state index contributed by atoms with van der Waals surface area (Å²) in [6, 6.07) is 3.12.